The summed E-state index contributed by atoms with van der Waals surface area (Å²) >= 11 is 3.48. The monoisotopic (exact) mass is 401 g/mol. The first-order valence-electron chi connectivity index (χ1n) is 8.28. The van der Waals surface area contributed by atoms with Gasteiger partial charge in [0.25, 0.3) is 0 Å². The van der Waals surface area contributed by atoms with E-state index in [2.05, 4.69) is 20.9 Å². The van der Waals surface area contributed by atoms with Gasteiger partial charge in [-0.25, -0.2) is 0 Å². The maximum absolute atomic E-state index is 13.0. The maximum Gasteiger partial charge on any atom is 0.237 e. The van der Waals surface area contributed by atoms with E-state index >= 15 is 0 Å². The van der Waals surface area contributed by atoms with Crippen molar-refractivity contribution < 1.29 is 9.59 Å². The normalized spacial score (nSPS) is 18.2. The van der Waals surface area contributed by atoms with Crippen molar-refractivity contribution in [1.82, 2.24) is 4.57 Å². The summed E-state index contributed by atoms with van der Waals surface area (Å²) in [4.78, 5) is 31.6. The number of nitrogens with zero attached hydrogens (tertiary/aromatic N) is 3. The second kappa shape index (κ2) is 7.35. The summed E-state index contributed by atoms with van der Waals surface area (Å²) in [5, 5.41) is 0. The van der Waals surface area contributed by atoms with Crippen LogP contribution >= 0.6 is 15.9 Å². The minimum atomic E-state index is -0.381. The summed E-state index contributed by atoms with van der Waals surface area (Å²) in [5.41, 5.74) is 1.42. The van der Waals surface area contributed by atoms with Crippen molar-refractivity contribution in [2.24, 2.45) is 10.9 Å². The Kier molecular flexibility index (Phi) is 5.18. The zero-order chi connectivity index (χ0) is 18.0. The van der Waals surface area contributed by atoms with E-state index in [1.807, 2.05) is 50.2 Å². The Hall–Kier alpha value is -2.21. The minimum absolute atomic E-state index is 0.0378. The van der Waals surface area contributed by atoms with Gasteiger partial charge in [0, 0.05) is 29.7 Å². The second-order valence-corrected chi connectivity index (χ2v) is 7.20. The van der Waals surface area contributed by atoms with Crippen LogP contribution < -0.4 is 10.4 Å². The molecule has 6 heteroatoms. The molecule has 0 radical (unpaired) electrons. The number of carbonyl (C=O) groups excluding carboxylic acids is 2. The van der Waals surface area contributed by atoms with Crippen molar-refractivity contribution in [2.75, 3.05) is 11.4 Å². The zero-order valence-corrected chi connectivity index (χ0v) is 15.8. The number of anilines is 1. The number of carbonyl (C=O) groups is 2. The van der Waals surface area contributed by atoms with E-state index in [0.29, 0.717) is 12.0 Å². The summed E-state index contributed by atoms with van der Waals surface area (Å²) in [6.45, 7) is 4.31. The molecular weight excluding hydrogens is 382 g/mol. The molecule has 2 aromatic rings. The third-order valence-electron chi connectivity index (χ3n) is 4.08. The van der Waals surface area contributed by atoms with E-state index in [1.165, 1.54) is 0 Å². The molecular formula is C19H20BrN3O2. The highest BCUT2D eigenvalue weighted by Crippen LogP contribution is 2.31. The van der Waals surface area contributed by atoms with Crippen LogP contribution in [0.5, 0.6) is 0 Å². The highest BCUT2D eigenvalue weighted by molar-refractivity contribution is 9.10. The number of pyridine rings is 1. The molecule has 0 bridgehead atoms. The molecule has 1 saturated heterocycles. The Balaban J connectivity index is 1.89. The topological polar surface area (TPSA) is 54.7 Å². The summed E-state index contributed by atoms with van der Waals surface area (Å²) in [7, 11) is 0. The fourth-order valence-corrected chi connectivity index (χ4v) is 3.46. The first-order valence-corrected chi connectivity index (χ1v) is 9.07. The van der Waals surface area contributed by atoms with Crippen LogP contribution in [0.4, 0.5) is 5.69 Å². The van der Waals surface area contributed by atoms with Crippen LogP contribution in [0.2, 0.25) is 0 Å². The molecule has 0 N–H and O–H groups in total. The largest absolute Gasteiger partial charge is 0.310 e. The first kappa shape index (κ1) is 17.6. The third-order valence-corrected chi connectivity index (χ3v) is 4.75. The van der Waals surface area contributed by atoms with E-state index in [4.69, 9.17) is 0 Å². The van der Waals surface area contributed by atoms with E-state index in [-0.39, 0.29) is 30.2 Å². The summed E-state index contributed by atoms with van der Waals surface area (Å²) in [5.74, 6) is -0.514. The van der Waals surface area contributed by atoms with E-state index in [0.717, 1.165) is 10.2 Å². The molecule has 5 nitrogen and oxygen atoms in total. The standard InChI is InChI=1S/C19H20BrN3O2/c1-13(2)21-17-9-5-6-10-22(17)19(25)14-11-18(24)23(12-14)16-8-4-3-7-15(16)20/h3-10,13-14H,11-12H2,1-2H3. The molecule has 0 saturated carbocycles. The van der Waals surface area contributed by atoms with Crippen LogP contribution in [-0.4, -0.2) is 29.0 Å². The smallest absolute Gasteiger partial charge is 0.237 e. The number of amides is 1. The quantitative estimate of drug-likeness (QED) is 0.792. The van der Waals surface area contributed by atoms with Gasteiger partial charge in [0.05, 0.1) is 11.6 Å². The fourth-order valence-electron chi connectivity index (χ4n) is 2.96. The van der Waals surface area contributed by atoms with Gasteiger partial charge in [0.1, 0.15) is 5.49 Å². The van der Waals surface area contributed by atoms with Gasteiger partial charge in [-0.05, 0) is 54.0 Å². The molecule has 1 aliphatic heterocycles. The van der Waals surface area contributed by atoms with E-state index in [1.54, 1.807) is 21.7 Å². The average Bonchev–Trinajstić information content (AvgIpc) is 2.96. The fraction of sp³-hybridized carbons (Fsp3) is 0.316. The number of hydrogen-bond acceptors (Lipinski definition) is 3. The molecule has 0 spiro atoms. The summed E-state index contributed by atoms with van der Waals surface area (Å²) in [6.07, 6.45) is 1.93. The third kappa shape index (κ3) is 3.74. The number of rotatable bonds is 3. The lowest BCUT2D eigenvalue weighted by Crippen LogP contribution is -2.34. The van der Waals surface area contributed by atoms with Gasteiger partial charge >= 0.3 is 0 Å². The Morgan fingerprint density at radius 2 is 1.92 bits per heavy atom. The van der Waals surface area contributed by atoms with Crippen molar-refractivity contribution in [1.29, 1.82) is 0 Å². The molecule has 3 rings (SSSR count). The lowest BCUT2D eigenvalue weighted by atomic mass is 10.1. The molecule has 1 atom stereocenters. The Morgan fingerprint density at radius 3 is 2.64 bits per heavy atom. The van der Waals surface area contributed by atoms with Gasteiger partial charge in [0.15, 0.2) is 0 Å². The Labute approximate surface area is 155 Å². The molecule has 1 aliphatic rings. The van der Waals surface area contributed by atoms with Crippen LogP contribution in [0.3, 0.4) is 0 Å². The van der Waals surface area contributed by atoms with Gasteiger partial charge in [-0.15, -0.1) is 0 Å². The van der Waals surface area contributed by atoms with Crippen LogP contribution in [0, 0.1) is 5.92 Å². The first-order chi connectivity index (χ1) is 12.0. The predicted octanol–water partition coefficient (Wildman–Crippen LogP) is 3.25. The molecule has 1 fully saturated rings. The highest BCUT2D eigenvalue weighted by atomic mass is 79.9. The highest BCUT2D eigenvalue weighted by Gasteiger charge is 2.36. The van der Waals surface area contributed by atoms with Gasteiger partial charge in [-0.3, -0.25) is 19.1 Å². The number of benzene rings is 1. The molecule has 1 unspecified atom stereocenters. The number of aromatic nitrogens is 1. The molecule has 1 aromatic carbocycles. The molecule has 1 aromatic heterocycles. The van der Waals surface area contributed by atoms with Crippen LogP contribution in [0.25, 0.3) is 0 Å². The molecule has 25 heavy (non-hydrogen) atoms. The van der Waals surface area contributed by atoms with Gasteiger partial charge in [-0.2, -0.15) is 0 Å². The molecule has 130 valence electrons. The Bertz CT molecular complexity index is 873. The van der Waals surface area contributed by atoms with Gasteiger partial charge in [0.2, 0.25) is 11.8 Å². The van der Waals surface area contributed by atoms with Crippen molar-refractivity contribution in [2.45, 2.75) is 26.3 Å². The molecule has 2 heterocycles. The number of hydrogen-bond donors (Lipinski definition) is 0. The lowest BCUT2D eigenvalue weighted by Gasteiger charge is -2.18. The summed E-state index contributed by atoms with van der Waals surface area (Å²) in [6, 6.07) is 13.1. The van der Waals surface area contributed by atoms with Crippen LogP contribution in [0.1, 0.15) is 25.1 Å². The predicted molar refractivity (Wildman–Crippen MR) is 100 cm³/mol. The van der Waals surface area contributed by atoms with E-state index < -0.39 is 0 Å². The van der Waals surface area contributed by atoms with Crippen molar-refractivity contribution in [3.05, 3.63) is 58.6 Å². The van der Waals surface area contributed by atoms with Crippen molar-refractivity contribution >= 4 is 33.4 Å². The van der Waals surface area contributed by atoms with Crippen LogP contribution in [0.15, 0.2) is 58.1 Å². The second-order valence-electron chi connectivity index (χ2n) is 6.35. The van der Waals surface area contributed by atoms with Gasteiger partial charge in [-0.1, -0.05) is 18.2 Å². The number of halogens is 1. The summed E-state index contributed by atoms with van der Waals surface area (Å²) < 4.78 is 2.40. The lowest BCUT2D eigenvalue weighted by molar-refractivity contribution is -0.117. The molecule has 1 amide bonds. The van der Waals surface area contributed by atoms with Gasteiger partial charge < -0.3 is 4.90 Å². The van der Waals surface area contributed by atoms with E-state index in [9.17, 15) is 9.59 Å². The maximum atomic E-state index is 13.0. The minimum Gasteiger partial charge on any atom is -0.310 e. The van der Waals surface area contributed by atoms with Crippen molar-refractivity contribution in [3.8, 4) is 0 Å². The average molecular weight is 402 g/mol. The van der Waals surface area contributed by atoms with Crippen molar-refractivity contribution in [3.63, 3.8) is 0 Å². The Morgan fingerprint density at radius 1 is 1.20 bits per heavy atom. The molecule has 0 aliphatic carbocycles. The SMILES string of the molecule is CC(C)N=c1ccccn1C(=O)C1CC(=O)N(c2ccccc2Br)C1. The number of para-hydroxylation sites is 1. The van der Waals surface area contributed by atoms with Crippen LogP contribution in [-0.2, 0) is 4.79 Å². The zero-order valence-electron chi connectivity index (χ0n) is 14.2.